The van der Waals surface area contributed by atoms with Crippen molar-refractivity contribution in [2.75, 3.05) is 11.1 Å². The number of amides is 1. The molecule has 1 N–H and O–H groups in total. The Morgan fingerprint density at radius 1 is 1.29 bits per heavy atom. The van der Waals surface area contributed by atoms with Crippen molar-refractivity contribution in [2.45, 2.75) is 26.0 Å². The Hall–Kier alpha value is -1.03. The van der Waals surface area contributed by atoms with Crippen LogP contribution in [0.1, 0.15) is 20.8 Å². The summed E-state index contributed by atoms with van der Waals surface area (Å²) in [6.07, 6.45) is 0. The number of halogens is 1. The lowest BCUT2D eigenvalue weighted by Gasteiger charge is -2.13. The molecule has 0 aromatic heterocycles. The van der Waals surface area contributed by atoms with E-state index in [2.05, 4.69) is 19.2 Å². The summed E-state index contributed by atoms with van der Waals surface area (Å²) in [5.41, 5.74) is 0.633. The lowest BCUT2D eigenvalue weighted by molar-refractivity contribution is -0.115. The molecule has 0 aliphatic rings. The van der Waals surface area contributed by atoms with Crippen LogP contribution in [-0.4, -0.2) is 16.9 Å². The van der Waals surface area contributed by atoms with Gasteiger partial charge in [-0.25, -0.2) is 4.39 Å². The number of rotatable bonds is 5. The van der Waals surface area contributed by atoms with Crippen LogP contribution in [0.2, 0.25) is 0 Å². The van der Waals surface area contributed by atoms with Crippen molar-refractivity contribution in [3.63, 3.8) is 0 Å². The first-order chi connectivity index (χ1) is 7.99. The Morgan fingerprint density at radius 3 is 2.41 bits per heavy atom. The Labute approximate surface area is 106 Å². The molecule has 0 fully saturated rings. The zero-order valence-electron chi connectivity index (χ0n) is 10.4. The number of hydrogen-bond donors (Lipinski definition) is 1. The lowest BCUT2D eigenvalue weighted by atomic mass is 10.3. The quantitative estimate of drug-likeness (QED) is 0.872. The zero-order chi connectivity index (χ0) is 12.8. The fourth-order valence-corrected chi connectivity index (χ4v) is 2.07. The van der Waals surface area contributed by atoms with Crippen LogP contribution >= 0.6 is 11.8 Å². The molecule has 1 atom stereocenters. The Balaban J connectivity index is 2.45. The summed E-state index contributed by atoms with van der Waals surface area (Å²) < 4.78 is 12.7. The van der Waals surface area contributed by atoms with E-state index in [0.717, 1.165) is 5.75 Å². The number of thioether (sulfide) groups is 1. The largest absolute Gasteiger partial charge is 0.325 e. The van der Waals surface area contributed by atoms with Gasteiger partial charge in [0.2, 0.25) is 5.91 Å². The fraction of sp³-hybridized carbons (Fsp3) is 0.462. The molecule has 0 spiro atoms. The first-order valence-corrected chi connectivity index (χ1v) is 6.72. The van der Waals surface area contributed by atoms with Gasteiger partial charge in [0.25, 0.3) is 0 Å². The van der Waals surface area contributed by atoms with Crippen LogP contribution in [0.5, 0.6) is 0 Å². The lowest BCUT2D eigenvalue weighted by Crippen LogP contribution is -2.23. The predicted octanol–water partition coefficient (Wildman–Crippen LogP) is 3.54. The topological polar surface area (TPSA) is 29.1 Å². The normalized spacial score (nSPS) is 12.5. The summed E-state index contributed by atoms with van der Waals surface area (Å²) in [4.78, 5) is 11.8. The van der Waals surface area contributed by atoms with Crippen LogP contribution < -0.4 is 5.32 Å². The number of hydrogen-bond acceptors (Lipinski definition) is 2. The molecule has 0 aliphatic carbocycles. The van der Waals surface area contributed by atoms with Crippen LogP contribution in [0.3, 0.4) is 0 Å². The summed E-state index contributed by atoms with van der Waals surface area (Å²) in [5, 5.41) is 2.67. The maximum Gasteiger partial charge on any atom is 0.237 e. The average molecular weight is 255 g/mol. The molecule has 1 aromatic carbocycles. The standard InChI is InChI=1S/C13H18FNOS/c1-9(2)8-17-10(3)13(16)15-12-6-4-11(14)5-7-12/h4-7,9-10H,8H2,1-3H3,(H,15,16). The van der Waals surface area contributed by atoms with Gasteiger partial charge in [-0.3, -0.25) is 4.79 Å². The van der Waals surface area contributed by atoms with Gasteiger partial charge in [0.15, 0.2) is 0 Å². The number of anilines is 1. The van der Waals surface area contributed by atoms with Gasteiger partial charge in [0.05, 0.1) is 5.25 Å². The van der Waals surface area contributed by atoms with Crippen LogP contribution in [0.4, 0.5) is 10.1 Å². The molecule has 0 aliphatic heterocycles. The molecule has 1 unspecified atom stereocenters. The van der Waals surface area contributed by atoms with E-state index in [1.54, 1.807) is 23.9 Å². The van der Waals surface area contributed by atoms with E-state index < -0.39 is 0 Å². The van der Waals surface area contributed by atoms with E-state index in [9.17, 15) is 9.18 Å². The molecule has 0 saturated carbocycles. The molecule has 0 heterocycles. The van der Waals surface area contributed by atoms with Gasteiger partial charge >= 0.3 is 0 Å². The van der Waals surface area contributed by atoms with E-state index in [-0.39, 0.29) is 17.0 Å². The van der Waals surface area contributed by atoms with Crippen LogP contribution in [0, 0.1) is 11.7 Å². The molecule has 1 amide bonds. The summed E-state index contributed by atoms with van der Waals surface area (Å²) in [5.74, 6) is 1.19. The van der Waals surface area contributed by atoms with Crippen molar-refractivity contribution >= 4 is 23.4 Å². The number of nitrogens with one attached hydrogen (secondary N) is 1. The van der Waals surface area contributed by atoms with Crippen LogP contribution in [0.25, 0.3) is 0 Å². The number of carbonyl (C=O) groups excluding carboxylic acids is 1. The van der Waals surface area contributed by atoms with Crippen LogP contribution in [-0.2, 0) is 4.79 Å². The highest BCUT2D eigenvalue weighted by molar-refractivity contribution is 8.00. The van der Waals surface area contributed by atoms with E-state index in [4.69, 9.17) is 0 Å². The van der Waals surface area contributed by atoms with Crippen LogP contribution in [0.15, 0.2) is 24.3 Å². The molecule has 1 rings (SSSR count). The van der Waals surface area contributed by atoms with E-state index >= 15 is 0 Å². The molecule has 0 saturated heterocycles. The fourth-order valence-electron chi connectivity index (χ4n) is 1.19. The maximum absolute atomic E-state index is 12.7. The molecule has 2 nitrogen and oxygen atoms in total. The average Bonchev–Trinajstić information content (AvgIpc) is 2.28. The highest BCUT2D eigenvalue weighted by Crippen LogP contribution is 2.17. The van der Waals surface area contributed by atoms with Crippen molar-refractivity contribution in [2.24, 2.45) is 5.92 Å². The zero-order valence-corrected chi connectivity index (χ0v) is 11.2. The second-order valence-electron chi connectivity index (χ2n) is 4.37. The molecule has 94 valence electrons. The molecule has 0 radical (unpaired) electrons. The number of benzene rings is 1. The minimum absolute atomic E-state index is 0.0396. The molecular weight excluding hydrogens is 237 g/mol. The first kappa shape index (κ1) is 14.0. The van der Waals surface area contributed by atoms with Crippen molar-refractivity contribution in [1.82, 2.24) is 0 Å². The van der Waals surface area contributed by atoms with Crippen molar-refractivity contribution < 1.29 is 9.18 Å². The molecule has 17 heavy (non-hydrogen) atoms. The summed E-state index contributed by atoms with van der Waals surface area (Å²) >= 11 is 1.63. The molecule has 1 aromatic rings. The summed E-state index contributed by atoms with van der Waals surface area (Å²) in [7, 11) is 0. The van der Waals surface area contributed by atoms with Crippen molar-refractivity contribution in [1.29, 1.82) is 0 Å². The Bertz CT molecular complexity index is 364. The molecule has 0 bridgehead atoms. The van der Waals surface area contributed by atoms with Crippen molar-refractivity contribution in [3.8, 4) is 0 Å². The van der Waals surface area contributed by atoms with E-state index in [0.29, 0.717) is 11.6 Å². The molecule has 4 heteroatoms. The summed E-state index contributed by atoms with van der Waals surface area (Å²) in [6, 6.07) is 5.79. The third-order valence-corrected chi connectivity index (χ3v) is 3.73. The van der Waals surface area contributed by atoms with Gasteiger partial charge in [0, 0.05) is 5.69 Å². The van der Waals surface area contributed by atoms with Crippen molar-refractivity contribution in [3.05, 3.63) is 30.1 Å². The minimum atomic E-state index is -0.301. The Morgan fingerprint density at radius 2 is 1.88 bits per heavy atom. The smallest absolute Gasteiger partial charge is 0.237 e. The molecular formula is C13H18FNOS. The Kier molecular flexibility index (Phi) is 5.48. The van der Waals surface area contributed by atoms with Gasteiger partial charge in [-0.05, 0) is 42.9 Å². The predicted molar refractivity (Wildman–Crippen MR) is 71.8 cm³/mol. The van der Waals surface area contributed by atoms with Gasteiger partial charge in [-0.1, -0.05) is 13.8 Å². The second-order valence-corrected chi connectivity index (χ2v) is 5.74. The van der Waals surface area contributed by atoms with Gasteiger partial charge in [0.1, 0.15) is 5.82 Å². The minimum Gasteiger partial charge on any atom is -0.325 e. The highest BCUT2D eigenvalue weighted by Gasteiger charge is 2.13. The van der Waals surface area contributed by atoms with Gasteiger partial charge < -0.3 is 5.32 Å². The first-order valence-electron chi connectivity index (χ1n) is 5.67. The summed E-state index contributed by atoms with van der Waals surface area (Å²) in [6.45, 7) is 6.13. The maximum atomic E-state index is 12.7. The highest BCUT2D eigenvalue weighted by atomic mass is 32.2. The van der Waals surface area contributed by atoms with E-state index in [1.165, 1.54) is 12.1 Å². The van der Waals surface area contributed by atoms with Gasteiger partial charge in [-0.15, -0.1) is 11.8 Å². The number of carbonyl (C=O) groups is 1. The monoisotopic (exact) mass is 255 g/mol. The second kappa shape index (κ2) is 6.64. The third kappa shape index (κ3) is 5.22. The third-order valence-electron chi connectivity index (χ3n) is 2.16. The van der Waals surface area contributed by atoms with E-state index in [1.807, 2.05) is 6.92 Å². The SMILES string of the molecule is CC(C)CSC(C)C(=O)Nc1ccc(F)cc1. The van der Waals surface area contributed by atoms with Gasteiger partial charge in [-0.2, -0.15) is 0 Å².